The summed E-state index contributed by atoms with van der Waals surface area (Å²) in [5.74, 6) is 0.0613. The molecule has 1 rings (SSSR count). The normalized spacial score (nSPS) is 7.24. The van der Waals surface area contributed by atoms with E-state index in [1.54, 1.807) is 12.1 Å². The first-order chi connectivity index (χ1) is 7.06. The van der Waals surface area contributed by atoms with Crippen molar-refractivity contribution in [3.05, 3.63) is 30.3 Å². The fraction of sp³-hybridized carbons (Fsp3) is 0.385. The Morgan fingerprint density at radius 1 is 0.941 bits per heavy atom. The Balaban J connectivity index is -0.000000247. The predicted octanol–water partition coefficient (Wildman–Crippen LogP) is 3.06. The first-order valence-corrected chi connectivity index (χ1v) is 4.34. The molecule has 17 heavy (non-hydrogen) atoms. The molecule has 0 unspecified atom stereocenters. The Bertz CT molecular complexity index is 306. The monoisotopic (exact) mass is 242 g/mol. The van der Waals surface area contributed by atoms with Gasteiger partial charge in [-0.3, -0.25) is 9.59 Å². The molecule has 0 atom stereocenters. The Labute approximate surface area is 104 Å². The quantitative estimate of drug-likeness (QED) is 0.561. The molecule has 0 saturated heterocycles. The molecule has 0 aromatic heterocycles. The maximum atomic E-state index is 10.4. The van der Waals surface area contributed by atoms with Gasteiger partial charge in [0.1, 0.15) is 5.75 Å². The van der Waals surface area contributed by atoms with Crippen LogP contribution < -0.4 is 4.74 Å². The molecule has 98 valence electrons. The van der Waals surface area contributed by atoms with E-state index >= 15 is 0 Å². The van der Waals surface area contributed by atoms with Gasteiger partial charge >= 0.3 is 11.9 Å². The fourth-order valence-electron chi connectivity index (χ4n) is 0.655. The third-order valence-corrected chi connectivity index (χ3v) is 1.29. The highest BCUT2D eigenvalue weighted by Gasteiger charge is 1.92. The van der Waals surface area contributed by atoms with Gasteiger partial charge in [0.05, 0.1) is 7.11 Å². The summed E-state index contributed by atoms with van der Waals surface area (Å²) >= 11 is 0. The SMILES string of the molecule is C.C.CC(=O)Oc1ccccc1.COC(C)=O. The molecular weight excluding hydrogens is 220 g/mol. The van der Waals surface area contributed by atoms with E-state index in [2.05, 4.69) is 4.74 Å². The number of carbonyl (C=O) groups is 2. The van der Waals surface area contributed by atoms with Gasteiger partial charge in [-0.05, 0) is 12.1 Å². The first-order valence-electron chi connectivity index (χ1n) is 4.34. The number of esters is 2. The van der Waals surface area contributed by atoms with Gasteiger partial charge in [-0.25, -0.2) is 0 Å². The Morgan fingerprint density at radius 3 is 1.65 bits per heavy atom. The van der Waals surface area contributed by atoms with Crippen LogP contribution in [0, 0.1) is 0 Å². The molecule has 0 fully saturated rings. The lowest BCUT2D eigenvalue weighted by atomic mass is 10.3. The topological polar surface area (TPSA) is 52.6 Å². The van der Waals surface area contributed by atoms with E-state index in [0.29, 0.717) is 5.75 Å². The maximum absolute atomic E-state index is 10.4. The van der Waals surface area contributed by atoms with Crippen LogP contribution in [0.3, 0.4) is 0 Å². The van der Waals surface area contributed by atoms with Crippen LogP contribution in [0.5, 0.6) is 5.75 Å². The van der Waals surface area contributed by atoms with Crippen molar-refractivity contribution in [1.29, 1.82) is 0 Å². The zero-order chi connectivity index (χ0) is 11.7. The number of carbonyl (C=O) groups excluding carboxylic acids is 2. The van der Waals surface area contributed by atoms with E-state index < -0.39 is 0 Å². The lowest BCUT2D eigenvalue weighted by Crippen LogP contribution is -2.00. The first kappa shape index (κ1) is 20.6. The van der Waals surface area contributed by atoms with Crippen molar-refractivity contribution < 1.29 is 19.1 Å². The molecule has 0 saturated carbocycles. The minimum absolute atomic E-state index is 0. The second-order valence-corrected chi connectivity index (χ2v) is 2.60. The van der Waals surface area contributed by atoms with E-state index in [1.165, 1.54) is 21.0 Å². The van der Waals surface area contributed by atoms with Crippen molar-refractivity contribution in [1.82, 2.24) is 0 Å². The van der Waals surface area contributed by atoms with Crippen molar-refractivity contribution in [2.24, 2.45) is 0 Å². The van der Waals surface area contributed by atoms with E-state index in [-0.39, 0.29) is 26.8 Å². The largest absolute Gasteiger partial charge is 0.469 e. The van der Waals surface area contributed by atoms with Crippen molar-refractivity contribution >= 4 is 11.9 Å². The smallest absolute Gasteiger partial charge is 0.308 e. The van der Waals surface area contributed by atoms with Gasteiger partial charge in [-0.2, -0.15) is 0 Å². The third kappa shape index (κ3) is 14.2. The molecule has 0 heterocycles. The molecule has 0 amide bonds. The predicted molar refractivity (Wildman–Crippen MR) is 68.9 cm³/mol. The number of benzene rings is 1. The van der Waals surface area contributed by atoms with E-state index in [4.69, 9.17) is 4.74 Å². The number of rotatable bonds is 1. The Hall–Kier alpha value is -1.84. The average molecular weight is 242 g/mol. The zero-order valence-electron chi connectivity index (χ0n) is 9.02. The second kappa shape index (κ2) is 12.2. The van der Waals surface area contributed by atoms with E-state index in [9.17, 15) is 9.59 Å². The fourth-order valence-corrected chi connectivity index (χ4v) is 0.655. The highest BCUT2D eigenvalue weighted by atomic mass is 16.5. The summed E-state index contributed by atoms with van der Waals surface area (Å²) in [7, 11) is 1.35. The molecule has 0 aliphatic rings. The number of hydrogen-bond acceptors (Lipinski definition) is 4. The molecule has 1 aromatic carbocycles. The lowest BCUT2D eigenvalue weighted by Gasteiger charge is -1.97. The summed E-state index contributed by atoms with van der Waals surface area (Å²) < 4.78 is 8.89. The summed E-state index contributed by atoms with van der Waals surface area (Å²) in [6, 6.07) is 8.98. The minimum Gasteiger partial charge on any atom is -0.469 e. The van der Waals surface area contributed by atoms with Crippen LogP contribution in [0.4, 0.5) is 0 Å². The van der Waals surface area contributed by atoms with E-state index in [0.717, 1.165) is 0 Å². The van der Waals surface area contributed by atoms with Crippen LogP contribution in [-0.4, -0.2) is 19.0 Å². The molecule has 0 N–H and O–H groups in total. The summed E-state index contributed by atoms with van der Waals surface area (Å²) in [4.78, 5) is 20.0. The molecule has 0 spiro atoms. The standard InChI is InChI=1S/C8H8O2.C3H6O2.2CH4/c1-7(9)10-8-5-3-2-4-6-8;1-3(4)5-2;;/h2-6H,1H3;1-2H3;2*1H4. The number of para-hydroxylation sites is 1. The van der Waals surface area contributed by atoms with Crippen molar-refractivity contribution in [2.45, 2.75) is 28.7 Å². The molecule has 0 bridgehead atoms. The van der Waals surface area contributed by atoms with Gasteiger partial charge in [-0.1, -0.05) is 33.1 Å². The van der Waals surface area contributed by atoms with Crippen LogP contribution in [0.2, 0.25) is 0 Å². The van der Waals surface area contributed by atoms with Gasteiger partial charge in [0, 0.05) is 13.8 Å². The van der Waals surface area contributed by atoms with Crippen LogP contribution in [0.15, 0.2) is 30.3 Å². The van der Waals surface area contributed by atoms with Gasteiger partial charge in [0.25, 0.3) is 0 Å². The molecule has 0 aliphatic heterocycles. The summed E-state index contributed by atoms with van der Waals surface area (Å²) in [5, 5.41) is 0. The van der Waals surface area contributed by atoms with Crippen molar-refractivity contribution in [3.63, 3.8) is 0 Å². The van der Waals surface area contributed by atoms with Crippen LogP contribution in [0.1, 0.15) is 28.7 Å². The molecule has 4 heteroatoms. The highest BCUT2D eigenvalue weighted by Crippen LogP contribution is 2.07. The average Bonchev–Trinajstić information content (AvgIpc) is 2.19. The van der Waals surface area contributed by atoms with Crippen LogP contribution in [-0.2, 0) is 14.3 Å². The Morgan fingerprint density at radius 2 is 1.35 bits per heavy atom. The molecule has 0 aliphatic carbocycles. The number of ether oxygens (including phenoxy) is 2. The molecule has 4 nitrogen and oxygen atoms in total. The molecule has 0 radical (unpaired) electrons. The summed E-state index contributed by atoms with van der Waals surface area (Å²) in [6.07, 6.45) is 0. The Kier molecular flexibility index (Phi) is 14.8. The number of hydrogen-bond donors (Lipinski definition) is 0. The molecule has 1 aromatic rings. The van der Waals surface area contributed by atoms with Crippen molar-refractivity contribution in [3.8, 4) is 5.75 Å². The maximum Gasteiger partial charge on any atom is 0.308 e. The molecular formula is C13H22O4. The van der Waals surface area contributed by atoms with Gasteiger partial charge in [-0.15, -0.1) is 0 Å². The summed E-state index contributed by atoms with van der Waals surface area (Å²) in [6.45, 7) is 2.74. The van der Waals surface area contributed by atoms with Gasteiger partial charge < -0.3 is 9.47 Å². The number of methoxy groups -OCH3 is 1. The lowest BCUT2D eigenvalue weighted by molar-refractivity contribution is -0.138. The zero-order valence-corrected chi connectivity index (χ0v) is 9.02. The third-order valence-electron chi connectivity index (χ3n) is 1.29. The van der Waals surface area contributed by atoms with Crippen LogP contribution >= 0.6 is 0 Å². The van der Waals surface area contributed by atoms with Gasteiger partial charge in [0.2, 0.25) is 0 Å². The van der Waals surface area contributed by atoms with Gasteiger partial charge in [0.15, 0.2) is 0 Å². The summed E-state index contributed by atoms with van der Waals surface area (Å²) in [5.41, 5.74) is 0. The second-order valence-electron chi connectivity index (χ2n) is 2.60. The van der Waals surface area contributed by atoms with Crippen molar-refractivity contribution in [2.75, 3.05) is 7.11 Å². The minimum atomic E-state index is -0.286. The van der Waals surface area contributed by atoms with E-state index in [1.807, 2.05) is 18.2 Å². The van der Waals surface area contributed by atoms with Crippen LogP contribution in [0.25, 0.3) is 0 Å². The highest BCUT2D eigenvalue weighted by molar-refractivity contribution is 5.69.